The zero-order valence-corrected chi connectivity index (χ0v) is 9.47. The number of nitrogens with one attached hydrogen (secondary N) is 1. The molecule has 0 aliphatic carbocycles. The highest BCUT2D eigenvalue weighted by Crippen LogP contribution is 2.15. The minimum atomic E-state index is -0.596. The molecule has 0 radical (unpaired) electrons. The second-order valence-corrected chi connectivity index (χ2v) is 3.73. The van der Waals surface area contributed by atoms with Crippen molar-refractivity contribution >= 4 is 5.69 Å². The zero-order chi connectivity index (χ0) is 12.3. The minimum absolute atomic E-state index is 0.400. The summed E-state index contributed by atoms with van der Waals surface area (Å²) in [4.78, 5) is 0. The van der Waals surface area contributed by atoms with Crippen molar-refractivity contribution in [2.45, 2.75) is 19.9 Å². The molecule has 0 unspecified atom stereocenters. The molecule has 2 rings (SSSR count). The van der Waals surface area contributed by atoms with Gasteiger partial charge in [0.15, 0.2) is 0 Å². The van der Waals surface area contributed by atoms with Crippen molar-refractivity contribution in [3.8, 4) is 0 Å². The second-order valence-electron chi connectivity index (χ2n) is 3.73. The second kappa shape index (κ2) is 4.99. The van der Waals surface area contributed by atoms with Gasteiger partial charge in [0.05, 0.1) is 6.54 Å². The molecule has 2 aromatic rings. The molecule has 1 N–H and O–H groups in total. The standard InChI is InChI=1S/C13H13F2NO/c1-2-12-3-4-13(17-12)8-16-11-6-9(14)5-10(15)7-11/h3-7,16H,2,8H2,1H3. The molecule has 1 aromatic carbocycles. The van der Waals surface area contributed by atoms with Crippen molar-refractivity contribution in [3.63, 3.8) is 0 Å². The third-order valence-electron chi connectivity index (χ3n) is 2.40. The van der Waals surface area contributed by atoms with Crippen LogP contribution >= 0.6 is 0 Å². The van der Waals surface area contributed by atoms with Crippen LogP contribution in [0.25, 0.3) is 0 Å². The van der Waals surface area contributed by atoms with E-state index in [1.165, 1.54) is 12.1 Å². The van der Waals surface area contributed by atoms with Gasteiger partial charge in [0, 0.05) is 18.2 Å². The molecule has 0 saturated carbocycles. The first-order valence-corrected chi connectivity index (χ1v) is 5.45. The van der Waals surface area contributed by atoms with E-state index in [-0.39, 0.29) is 0 Å². The number of rotatable bonds is 4. The summed E-state index contributed by atoms with van der Waals surface area (Å²) in [5.41, 5.74) is 0.400. The molecular formula is C13H13F2NO. The van der Waals surface area contributed by atoms with Crippen molar-refractivity contribution in [3.05, 3.63) is 53.5 Å². The van der Waals surface area contributed by atoms with Crippen LogP contribution in [0, 0.1) is 11.6 Å². The number of anilines is 1. The van der Waals surface area contributed by atoms with Crippen molar-refractivity contribution in [2.24, 2.45) is 0 Å². The minimum Gasteiger partial charge on any atom is -0.464 e. The highest BCUT2D eigenvalue weighted by Gasteiger charge is 2.03. The molecule has 90 valence electrons. The van der Waals surface area contributed by atoms with E-state index in [4.69, 9.17) is 4.42 Å². The highest BCUT2D eigenvalue weighted by atomic mass is 19.1. The molecule has 17 heavy (non-hydrogen) atoms. The summed E-state index contributed by atoms with van der Waals surface area (Å²) in [5, 5.41) is 2.91. The summed E-state index contributed by atoms with van der Waals surface area (Å²) in [5.74, 6) is 0.445. The summed E-state index contributed by atoms with van der Waals surface area (Å²) in [6.07, 6.45) is 0.828. The van der Waals surface area contributed by atoms with Gasteiger partial charge in [-0.2, -0.15) is 0 Å². The Kier molecular flexibility index (Phi) is 3.42. The van der Waals surface area contributed by atoms with E-state index in [9.17, 15) is 8.78 Å². The predicted octanol–water partition coefficient (Wildman–Crippen LogP) is 3.73. The van der Waals surface area contributed by atoms with E-state index in [1.807, 2.05) is 19.1 Å². The smallest absolute Gasteiger partial charge is 0.128 e. The SMILES string of the molecule is CCc1ccc(CNc2cc(F)cc(F)c2)o1. The van der Waals surface area contributed by atoms with E-state index in [1.54, 1.807) is 0 Å². The van der Waals surface area contributed by atoms with Gasteiger partial charge in [-0.1, -0.05) is 6.92 Å². The molecule has 1 heterocycles. The molecule has 0 amide bonds. The molecule has 2 nitrogen and oxygen atoms in total. The topological polar surface area (TPSA) is 25.2 Å². The van der Waals surface area contributed by atoms with Crippen molar-refractivity contribution in [2.75, 3.05) is 5.32 Å². The first-order chi connectivity index (χ1) is 8.17. The van der Waals surface area contributed by atoms with E-state index in [2.05, 4.69) is 5.32 Å². The fourth-order valence-electron chi connectivity index (χ4n) is 1.55. The number of hydrogen-bond donors (Lipinski definition) is 1. The van der Waals surface area contributed by atoms with Gasteiger partial charge in [-0.3, -0.25) is 0 Å². The fraction of sp³-hybridized carbons (Fsp3) is 0.231. The van der Waals surface area contributed by atoms with Gasteiger partial charge in [0.1, 0.15) is 23.2 Å². The fourth-order valence-corrected chi connectivity index (χ4v) is 1.55. The molecule has 0 aliphatic heterocycles. The van der Waals surface area contributed by atoms with Crippen LogP contribution < -0.4 is 5.32 Å². The Labute approximate surface area is 98.3 Å². The maximum absolute atomic E-state index is 12.9. The predicted molar refractivity (Wildman–Crippen MR) is 61.8 cm³/mol. The number of hydrogen-bond acceptors (Lipinski definition) is 2. The molecule has 0 atom stereocenters. The molecule has 0 bridgehead atoms. The Balaban J connectivity index is 2.01. The molecule has 1 aromatic heterocycles. The quantitative estimate of drug-likeness (QED) is 0.876. The number of aryl methyl sites for hydroxylation is 1. The van der Waals surface area contributed by atoms with Gasteiger partial charge in [-0.25, -0.2) is 8.78 Å². The molecule has 0 fully saturated rings. The van der Waals surface area contributed by atoms with Crippen LogP contribution in [-0.4, -0.2) is 0 Å². The summed E-state index contributed by atoms with van der Waals surface area (Å²) in [7, 11) is 0. The number of furan rings is 1. The third kappa shape index (κ3) is 3.06. The average Bonchev–Trinajstić information content (AvgIpc) is 2.73. The molecule has 0 saturated heterocycles. The van der Waals surface area contributed by atoms with Crippen LogP contribution in [0.2, 0.25) is 0 Å². The Hall–Kier alpha value is -1.84. The lowest BCUT2D eigenvalue weighted by atomic mass is 10.3. The zero-order valence-electron chi connectivity index (χ0n) is 9.47. The summed E-state index contributed by atoms with van der Waals surface area (Å²) >= 11 is 0. The summed E-state index contributed by atoms with van der Waals surface area (Å²) in [6.45, 7) is 2.40. The Morgan fingerprint density at radius 3 is 2.29 bits per heavy atom. The third-order valence-corrected chi connectivity index (χ3v) is 2.40. The Bertz CT molecular complexity index is 488. The number of halogens is 2. The van der Waals surface area contributed by atoms with Crippen LogP contribution in [0.1, 0.15) is 18.4 Å². The van der Waals surface area contributed by atoms with E-state index in [0.29, 0.717) is 12.2 Å². The summed E-state index contributed by atoms with van der Waals surface area (Å²) in [6, 6.07) is 7.07. The first kappa shape index (κ1) is 11.6. The van der Waals surface area contributed by atoms with E-state index >= 15 is 0 Å². The van der Waals surface area contributed by atoms with Crippen LogP contribution in [0.5, 0.6) is 0 Å². The van der Waals surface area contributed by atoms with Gasteiger partial charge in [0.25, 0.3) is 0 Å². The molecule has 0 spiro atoms. The van der Waals surface area contributed by atoms with Crippen molar-refractivity contribution in [1.29, 1.82) is 0 Å². The highest BCUT2D eigenvalue weighted by molar-refractivity contribution is 5.43. The van der Waals surface area contributed by atoms with Gasteiger partial charge in [0.2, 0.25) is 0 Å². The normalized spacial score (nSPS) is 10.5. The van der Waals surface area contributed by atoms with Gasteiger partial charge in [-0.05, 0) is 24.3 Å². The monoisotopic (exact) mass is 237 g/mol. The molecular weight excluding hydrogens is 224 g/mol. The van der Waals surface area contributed by atoms with Crippen molar-refractivity contribution in [1.82, 2.24) is 0 Å². The van der Waals surface area contributed by atoms with Gasteiger partial charge in [-0.15, -0.1) is 0 Å². The maximum Gasteiger partial charge on any atom is 0.128 e. The molecule has 4 heteroatoms. The van der Waals surface area contributed by atoms with Crippen LogP contribution in [-0.2, 0) is 13.0 Å². The lowest BCUT2D eigenvalue weighted by Crippen LogP contribution is -1.99. The van der Waals surface area contributed by atoms with Crippen LogP contribution in [0.3, 0.4) is 0 Å². The van der Waals surface area contributed by atoms with Crippen molar-refractivity contribution < 1.29 is 13.2 Å². The van der Waals surface area contributed by atoms with Gasteiger partial charge >= 0.3 is 0 Å². The molecule has 0 aliphatic rings. The maximum atomic E-state index is 12.9. The average molecular weight is 237 g/mol. The Morgan fingerprint density at radius 2 is 1.71 bits per heavy atom. The van der Waals surface area contributed by atoms with E-state index < -0.39 is 11.6 Å². The first-order valence-electron chi connectivity index (χ1n) is 5.45. The number of benzene rings is 1. The lowest BCUT2D eigenvalue weighted by Gasteiger charge is -2.04. The van der Waals surface area contributed by atoms with Gasteiger partial charge < -0.3 is 9.73 Å². The summed E-state index contributed by atoms with van der Waals surface area (Å²) < 4.78 is 31.3. The van der Waals surface area contributed by atoms with Crippen LogP contribution in [0.15, 0.2) is 34.7 Å². The Morgan fingerprint density at radius 1 is 1.06 bits per heavy atom. The largest absolute Gasteiger partial charge is 0.464 e. The van der Waals surface area contributed by atoms with Crippen LogP contribution in [0.4, 0.5) is 14.5 Å². The van der Waals surface area contributed by atoms with E-state index in [0.717, 1.165) is 24.0 Å². The lowest BCUT2D eigenvalue weighted by molar-refractivity contribution is 0.476.